The number of carbonyl (C=O) groups is 1. The van der Waals surface area contributed by atoms with Gasteiger partial charge in [-0.2, -0.15) is 0 Å². The van der Waals surface area contributed by atoms with Crippen LogP contribution in [0.25, 0.3) is 6.08 Å². The second-order valence-corrected chi connectivity index (χ2v) is 7.52. The maximum atomic E-state index is 11.6. The maximum absolute atomic E-state index is 11.6. The van der Waals surface area contributed by atoms with Gasteiger partial charge < -0.3 is 10.4 Å². The van der Waals surface area contributed by atoms with Crippen LogP contribution in [0.3, 0.4) is 0 Å². The van der Waals surface area contributed by atoms with Gasteiger partial charge >= 0.3 is 0 Å². The molecular formula is C14H20BrNO2S. The van der Waals surface area contributed by atoms with Crippen molar-refractivity contribution in [2.24, 2.45) is 5.41 Å². The van der Waals surface area contributed by atoms with Crippen LogP contribution in [0.4, 0.5) is 0 Å². The predicted octanol–water partition coefficient (Wildman–Crippen LogP) is 3.44. The Bertz CT molecular complexity index is 440. The molecule has 1 aromatic rings. The monoisotopic (exact) mass is 345 g/mol. The molecule has 0 aromatic carbocycles. The molecule has 0 aliphatic rings. The molecular weight excluding hydrogens is 326 g/mol. The van der Waals surface area contributed by atoms with Crippen LogP contribution < -0.4 is 5.32 Å². The Labute approximate surface area is 126 Å². The molecule has 0 aliphatic carbocycles. The zero-order valence-electron chi connectivity index (χ0n) is 11.3. The highest BCUT2D eigenvalue weighted by molar-refractivity contribution is 9.11. The number of carbonyl (C=O) groups excluding carboxylic acids is 1. The molecule has 0 radical (unpaired) electrons. The highest BCUT2D eigenvalue weighted by Crippen LogP contribution is 2.21. The molecule has 0 atom stereocenters. The largest absolute Gasteiger partial charge is 0.396 e. The summed E-state index contributed by atoms with van der Waals surface area (Å²) in [4.78, 5) is 11.6. The van der Waals surface area contributed by atoms with Crippen molar-refractivity contribution in [2.75, 3.05) is 13.2 Å². The van der Waals surface area contributed by atoms with Gasteiger partial charge in [0.2, 0.25) is 5.91 Å². The minimum atomic E-state index is -0.0795. The van der Waals surface area contributed by atoms with Crippen LogP contribution in [0.15, 0.2) is 21.3 Å². The first-order chi connectivity index (χ1) is 8.93. The van der Waals surface area contributed by atoms with Crippen molar-refractivity contribution < 1.29 is 9.90 Å². The third-order valence-corrected chi connectivity index (χ3v) is 4.30. The van der Waals surface area contributed by atoms with E-state index in [9.17, 15) is 4.79 Å². The Morgan fingerprint density at radius 3 is 2.89 bits per heavy atom. The molecule has 1 aromatic heterocycles. The molecule has 1 rings (SSSR count). The molecule has 19 heavy (non-hydrogen) atoms. The van der Waals surface area contributed by atoms with E-state index in [0.29, 0.717) is 6.54 Å². The van der Waals surface area contributed by atoms with Crippen LogP contribution in [0.2, 0.25) is 0 Å². The Morgan fingerprint density at radius 2 is 2.32 bits per heavy atom. The Kier molecular flexibility index (Phi) is 6.75. The quantitative estimate of drug-likeness (QED) is 0.587. The normalized spacial score (nSPS) is 12.0. The van der Waals surface area contributed by atoms with Crippen molar-refractivity contribution in [1.82, 2.24) is 5.32 Å². The number of hydrogen-bond acceptors (Lipinski definition) is 3. The summed E-state index contributed by atoms with van der Waals surface area (Å²) in [6.07, 6.45) is 5.11. The van der Waals surface area contributed by atoms with Crippen molar-refractivity contribution >= 4 is 39.2 Å². The number of rotatable bonds is 7. The number of hydrogen-bond donors (Lipinski definition) is 2. The van der Waals surface area contributed by atoms with Gasteiger partial charge in [-0.3, -0.25) is 4.79 Å². The van der Waals surface area contributed by atoms with E-state index in [1.54, 1.807) is 23.5 Å². The number of halogens is 1. The van der Waals surface area contributed by atoms with E-state index in [1.807, 2.05) is 25.3 Å². The van der Waals surface area contributed by atoms with Crippen molar-refractivity contribution in [3.05, 3.63) is 26.9 Å². The lowest BCUT2D eigenvalue weighted by atomic mass is 9.89. The zero-order valence-corrected chi connectivity index (χ0v) is 13.7. The SMILES string of the molecule is CC(C)(CO)CCCNC(=O)/C=C/c1csc(Br)c1. The molecule has 106 valence electrons. The molecule has 0 unspecified atom stereocenters. The number of thiophene rings is 1. The van der Waals surface area contributed by atoms with E-state index >= 15 is 0 Å². The third-order valence-electron chi connectivity index (χ3n) is 2.77. The Hall–Kier alpha value is -0.650. The average molecular weight is 346 g/mol. The first-order valence-corrected chi connectivity index (χ1v) is 7.91. The Balaban J connectivity index is 2.23. The number of aliphatic hydroxyl groups is 1. The molecule has 0 saturated heterocycles. The van der Waals surface area contributed by atoms with E-state index < -0.39 is 0 Å². The summed E-state index contributed by atoms with van der Waals surface area (Å²) in [5, 5.41) is 13.9. The van der Waals surface area contributed by atoms with Crippen LogP contribution in [-0.2, 0) is 4.79 Å². The summed E-state index contributed by atoms with van der Waals surface area (Å²) in [5.74, 6) is -0.0795. The molecule has 1 heterocycles. The molecule has 0 aliphatic heterocycles. The fourth-order valence-corrected chi connectivity index (χ4v) is 2.64. The van der Waals surface area contributed by atoms with E-state index in [-0.39, 0.29) is 17.9 Å². The smallest absolute Gasteiger partial charge is 0.243 e. The topological polar surface area (TPSA) is 49.3 Å². The summed E-state index contributed by atoms with van der Waals surface area (Å²) in [5.41, 5.74) is 0.956. The van der Waals surface area contributed by atoms with Gasteiger partial charge in [-0.05, 0) is 57.3 Å². The zero-order chi connectivity index (χ0) is 14.3. The van der Waals surface area contributed by atoms with Crippen molar-refractivity contribution in [3.8, 4) is 0 Å². The number of nitrogens with one attached hydrogen (secondary N) is 1. The molecule has 2 N–H and O–H groups in total. The molecule has 1 amide bonds. The van der Waals surface area contributed by atoms with Crippen molar-refractivity contribution in [2.45, 2.75) is 26.7 Å². The van der Waals surface area contributed by atoms with Crippen LogP contribution in [-0.4, -0.2) is 24.2 Å². The first kappa shape index (κ1) is 16.4. The van der Waals surface area contributed by atoms with Crippen LogP contribution >= 0.6 is 27.3 Å². The fourth-order valence-electron chi connectivity index (χ4n) is 1.50. The lowest BCUT2D eigenvalue weighted by Crippen LogP contribution is -2.24. The van der Waals surface area contributed by atoms with Crippen molar-refractivity contribution in [1.29, 1.82) is 0 Å². The van der Waals surface area contributed by atoms with E-state index in [0.717, 1.165) is 22.2 Å². The molecule has 0 fully saturated rings. The maximum Gasteiger partial charge on any atom is 0.243 e. The summed E-state index contributed by atoms with van der Waals surface area (Å²) in [6, 6.07) is 1.97. The molecule has 5 heteroatoms. The van der Waals surface area contributed by atoms with Gasteiger partial charge in [0.25, 0.3) is 0 Å². The minimum absolute atomic E-state index is 0.0660. The van der Waals surface area contributed by atoms with Crippen molar-refractivity contribution in [3.63, 3.8) is 0 Å². The van der Waals surface area contributed by atoms with E-state index in [2.05, 4.69) is 21.2 Å². The molecule has 3 nitrogen and oxygen atoms in total. The van der Waals surface area contributed by atoms with Gasteiger partial charge in [-0.15, -0.1) is 11.3 Å². The van der Waals surface area contributed by atoms with Gasteiger partial charge in [0.15, 0.2) is 0 Å². The van der Waals surface area contributed by atoms with Crippen LogP contribution in [0.5, 0.6) is 0 Å². The van der Waals surface area contributed by atoms with Crippen LogP contribution in [0.1, 0.15) is 32.3 Å². The highest BCUT2D eigenvalue weighted by Gasteiger charge is 2.15. The average Bonchev–Trinajstić information content (AvgIpc) is 2.78. The van der Waals surface area contributed by atoms with Gasteiger partial charge in [0.05, 0.1) is 3.79 Å². The lowest BCUT2D eigenvalue weighted by Gasteiger charge is -2.20. The number of aliphatic hydroxyl groups excluding tert-OH is 1. The minimum Gasteiger partial charge on any atom is -0.396 e. The first-order valence-electron chi connectivity index (χ1n) is 6.24. The fraction of sp³-hybridized carbons (Fsp3) is 0.500. The second kappa shape index (κ2) is 7.82. The highest BCUT2D eigenvalue weighted by atomic mass is 79.9. The summed E-state index contributed by atoms with van der Waals surface area (Å²) < 4.78 is 1.05. The summed E-state index contributed by atoms with van der Waals surface area (Å²) in [6.45, 7) is 4.85. The van der Waals surface area contributed by atoms with Gasteiger partial charge in [-0.1, -0.05) is 13.8 Å². The molecule has 0 bridgehead atoms. The Morgan fingerprint density at radius 1 is 1.58 bits per heavy atom. The van der Waals surface area contributed by atoms with Gasteiger partial charge in [0.1, 0.15) is 0 Å². The van der Waals surface area contributed by atoms with Gasteiger partial charge in [0, 0.05) is 19.2 Å². The predicted molar refractivity (Wildman–Crippen MR) is 84.2 cm³/mol. The van der Waals surface area contributed by atoms with Crippen LogP contribution in [0, 0.1) is 5.41 Å². The standard InChI is InChI=1S/C14H20BrNO2S/c1-14(2,10-17)6-3-7-16-13(18)5-4-11-8-12(15)19-9-11/h4-5,8-9,17H,3,6-7,10H2,1-2H3,(H,16,18)/b5-4+. The molecule has 0 spiro atoms. The lowest BCUT2D eigenvalue weighted by molar-refractivity contribution is -0.116. The summed E-state index contributed by atoms with van der Waals surface area (Å²) in [7, 11) is 0. The third kappa shape index (κ3) is 6.89. The van der Waals surface area contributed by atoms with Gasteiger partial charge in [-0.25, -0.2) is 0 Å². The number of amides is 1. The molecule has 0 saturated carbocycles. The summed E-state index contributed by atoms with van der Waals surface area (Å²) >= 11 is 4.97. The van der Waals surface area contributed by atoms with E-state index in [4.69, 9.17) is 5.11 Å². The van der Waals surface area contributed by atoms with E-state index in [1.165, 1.54) is 0 Å². The second-order valence-electron chi connectivity index (χ2n) is 5.23.